The zero-order chi connectivity index (χ0) is 16.3. The Hall–Kier alpha value is -1.40. The average Bonchev–Trinajstić information content (AvgIpc) is 2.46. The number of hydrogen-bond donors (Lipinski definition) is 0. The van der Waals surface area contributed by atoms with Gasteiger partial charge in [0, 0.05) is 31.7 Å². The molecule has 1 aromatic carbocycles. The highest BCUT2D eigenvalue weighted by Gasteiger charge is 2.26. The van der Waals surface area contributed by atoms with E-state index in [9.17, 15) is 13.2 Å². The summed E-state index contributed by atoms with van der Waals surface area (Å²) in [5.41, 5.74) is 1.90. The Bertz CT molecular complexity index is 615. The van der Waals surface area contributed by atoms with Crippen LogP contribution < -0.4 is 0 Å². The first-order valence-electron chi connectivity index (χ1n) is 7.60. The Kier molecular flexibility index (Phi) is 5.24. The van der Waals surface area contributed by atoms with Gasteiger partial charge in [0.2, 0.25) is 10.0 Å². The molecule has 0 atom stereocenters. The SMILES string of the molecule is CC(C)Cc1ccc(C(=O)N2CCN(S(C)(=O)=O)CC2)cc1. The monoisotopic (exact) mass is 324 g/mol. The van der Waals surface area contributed by atoms with Crippen molar-refractivity contribution in [3.63, 3.8) is 0 Å². The number of carbonyl (C=O) groups excluding carboxylic acids is 1. The van der Waals surface area contributed by atoms with E-state index in [1.165, 1.54) is 16.1 Å². The first-order chi connectivity index (χ1) is 10.3. The molecule has 1 amide bonds. The summed E-state index contributed by atoms with van der Waals surface area (Å²) in [4.78, 5) is 14.2. The smallest absolute Gasteiger partial charge is 0.253 e. The lowest BCUT2D eigenvalue weighted by molar-refractivity contribution is 0.0698. The summed E-state index contributed by atoms with van der Waals surface area (Å²) in [6.07, 6.45) is 2.21. The van der Waals surface area contributed by atoms with E-state index in [4.69, 9.17) is 0 Å². The molecule has 0 aromatic heterocycles. The van der Waals surface area contributed by atoms with Gasteiger partial charge in [-0.2, -0.15) is 4.31 Å². The number of benzene rings is 1. The maximum Gasteiger partial charge on any atom is 0.253 e. The number of nitrogens with zero attached hydrogens (tertiary/aromatic N) is 2. The second-order valence-corrected chi connectivity index (χ2v) is 8.23. The third-order valence-corrected chi connectivity index (χ3v) is 5.14. The van der Waals surface area contributed by atoms with Crippen molar-refractivity contribution in [2.24, 2.45) is 5.92 Å². The van der Waals surface area contributed by atoms with E-state index < -0.39 is 10.0 Å². The van der Waals surface area contributed by atoms with Crippen LogP contribution in [0, 0.1) is 5.92 Å². The van der Waals surface area contributed by atoms with E-state index in [0.29, 0.717) is 37.7 Å². The fraction of sp³-hybridized carbons (Fsp3) is 0.562. The molecule has 0 saturated carbocycles. The largest absolute Gasteiger partial charge is 0.336 e. The zero-order valence-electron chi connectivity index (χ0n) is 13.4. The number of sulfonamides is 1. The van der Waals surface area contributed by atoms with Crippen molar-refractivity contribution in [3.8, 4) is 0 Å². The molecule has 1 saturated heterocycles. The summed E-state index contributed by atoms with van der Waals surface area (Å²) in [5.74, 6) is 0.565. The Morgan fingerprint density at radius 2 is 1.64 bits per heavy atom. The summed E-state index contributed by atoms with van der Waals surface area (Å²) < 4.78 is 24.4. The molecule has 1 aliphatic rings. The fourth-order valence-electron chi connectivity index (χ4n) is 2.66. The molecule has 0 unspecified atom stereocenters. The Balaban J connectivity index is 1.98. The highest BCUT2D eigenvalue weighted by molar-refractivity contribution is 7.88. The lowest BCUT2D eigenvalue weighted by Gasteiger charge is -2.33. The van der Waals surface area contributed by atoms with Crippen molar-refractivity contribution < 1.29 is 13.2 Å². The van der Waals surface area contributed by atoms with E-state index in [1.54, 1.807) is 4.90 Å². The van der Waals surface area contributed by atoms with Gasteiger partial charge in [0.15, 0.2) is 0 Å². The van der Waals surface area contributed by atoms with Gasteiger partial charge in [-0.05, 0) is 30.0 Å². The lowest BCUT2D eigenvalue weighted by atomic mass is 10.0. The van der Waals surface area contributed by atoms with Gasteiger partial charge in [0.05, 0.1) is 6.26 Å². The van der Waals surface area contributed by atoms with E-state index >= 15 is 0 Å². The average molecular weight is 324 g/mol. The van der Waals surface area contributed by atoms with Gasteiger partial charge >= 0.3 is 0 Å². The minimum Gasteiger partial charge on any atom is -0.336 e. The van der Waals surface area contributed by atoms with Crippen LogP contribution in [0.1, 0.15) is 29.8 Å². The van der Waals surface area contributed by atoms with Crippen molar-refractivity contribution >= 4 is 15.9 Å². The number of hydrogen-bond acceptors (Lipinski definition) is 3. The molecular weight excluding hydrogens is 300 g/mol. The predicted molar refractivity (Wildman–Crippen MR) is 87.3 cm³/mol. The topological polar surface area (TPSA) is 57.7 Å². The van der Waals surface area contributed by atoms with Crippen molar-refractivity contribution in [2.75, 3.05) is 32.4 Å². The predicted octanol–water partition coefficient (Wildman–Crippen LogP) is 1.60. The summed E-state index contributed by atoms with van der Waals surface area (Å²) >= 11 is 0. The van der Waals surface area contributed by atoms with Crippen LogP contribution >= 0.6 is 0 Å². The highest BCUT2D eigenvalue weighted by Crippen LogP contribution is 2.13. The normalized spacial score (nSPS) is 17.0. The Morgan fingerprint density at radius 1 is 1.09 bits per heavy atom. The Morgan fingerprint density at radius 3 is 2.09 bits per heavy atom. The van der Waals surface area contributed by atoms with Gasteiger partial charge < -0.3 is 4.90 Å². The molecule has 0 bridgehead atoms. The molecular formula is C16H24N2O3S. The molecule has 1 heterocycles. The van der Waals surface area contributed by atoms with Crippen LogP contribution in [0.3, 0.4) is 0 Å². The second-order valence-electron chi connectivity index (χ2n) is 6.25. The van der Waals surface area contributed by atoms with Gasteiger partial charge in [-0.1, -0.05) is 26.0 Å². The van der Waals surface area contributed by atoms with Crippen molar-refractivity contribution in [1.29, 1.82) is 0 Å². The molecule has 6 heteroatoms. The molecule has 1 aliphatic heterocycles. The number of rotatable bonds is 4. The number of piperazine rings is 1. The maximum absolute atomic E-state index is 12.4. The van der Waals surface area contributed by atoms with Gasteiger partial charge in [0.25, 0.3) is 5.91 Å². The summed E-state index contributed by atoms with van der Waals surface area (Å²) in [7, 11) is -3.16. The Labute approximate surface area is 133 Å². The zero-order valence-corrected chi connectivity index (χ0v) is 14.3. The van der Waals surface area contributed by atoms with Crippen molar-refractivity contribution in [3.05, 3.63) is 35.4 Å². The number of amides is 1. The number of carbonyl (C=O) groups is 1. The molecule has 0 N–H and O–H groups in total. The molecule has 0 radical (unpaired) electrons. The van der Waals surface area contributed by atoms with Gasteiger partial charge in [-0.25, -0.2) is 8.42 Å². The third-order valence-electron chi connectivity index (χ3n) is 3.84. The van der Waals surface area contributed by atoms with Gasteiger partial charge in [0.1, 0.15) is 0 Å². The van der Waals surface area contributed by atoms with E-state index in [0.717, 1.165) is 6.42 Å². The van der Waals surface area contributed by atoms with Crippen molar-refractivity contribution in [1.82, 2.24) is 9.21 Å². The van der Waals surface area contributed by atoms with Crippen LogP contribution in [0.15, 0.2) is 24.3 Å². The molecule has 5 nitrogen and oxygen atoms in total. The van der Waals surface area contributed by atoms with Crippen LogP contribution in [-0.4, -0.2) is 56.0 Å². The molecule has 1 aromatic rings. The van der Waals surface area contributed by atoms with E-state index in [-0.39, 0.29) is 5.91 Å². The van der Waals surface area contributed by atoms with E-state index in [1.807, 2.05) is 24.3 Å². The highest BCUT2D eigenvalue weighted by atomic mass is 32.2. The van der Waals surface area contributed by atoms with Gasteiger partial charge in [-0.15, -0.1) is 0 Å². The molecule has 22 heavy (non-hydrogen) atoms. The van der Waals surface area contributed by atoms with Crippen molar-refractivity contribution in [2.45, 2.75) is 20.3 Å². The maximum atomic E-state index is 12.4. The standard InChI is InChI=1S/C16H24N2O3S/c1-13(2)12-14-4-6-15(7-5-14)16(19)17-8-10-18(11-9-17)22(3,20)21/h4-7,13H,8-12H2,1-3H3. The summed E-state index contributed by atoms with van der Waals surface area (Å²) in [5, 5.41) is 0. The second kappa shape index (κ2) is 6.79. The molecule has 0 aliphatic carbocycles. The lowest BCUT2D eigenvalue weighted by Crippen LogP contribution is -2.50. The summed E-state index contributed by atoms with van der Waals surface area (Å²) in [6.45, 7) is 5.96. The molecule has 1 fully saturated rings. The van der Waals surface area contributed by atoms with Crippen LogP contribution in [0.2, 0.25) is 0 Å². The van der Waals surface area contributed by atoms with Crippen LogP contribution in [0.5, 0.6) is 0 Å². The first kappa shape index (κ1) is 17.0. The molecule has 0 spiro atoms. The first-order valence-corrected chi connectivity index (χ1v) is 9.45. The van der Waals surface area contributed by atoms with Gasteiger partial charge in [-0.3, -0.25) is 4.79 Å². The minimum atomic E-state index is -3.16. The third kappa shape index (κ3) is 4.30. The quantitative estimate of drug-likeness (QED) is 0.845. The van der Waals surface area contributed by atoms with Crippen LogP contribution in [-0.2, 0) is 16.4 Å². The van der Waals surface area contributed by atoms with Crippen LogP contribution in [0.4, 0.5) is 0 Å². The van der Waals surface area contributed by atoms with Crippen LogP contribution in [0.25, 0.3) is 0 Å². The fourth-order valence-corrected chi connectivity index (χ4v) is 3.49. The molecule has 122 valence electrons. The summed E-state index contributed by atoms with van der Waals surface area (Å²) in [6, 6.07) is 7.73. The van der Waals surface area contributed by atoms with E-state index in [2.05, 4.69) is 13.8 Å². The molecule has 2 rings (SSSR count). The minimum absolute atomic E-state index is 0.0238.